The molecule has 2 unspecified atom stereocenters. The normalized spacial score (nSPS) is 14.1. The maximum atomic E-state index is 6.00. The number of nitrogens with one attached hydrogen (secondary N) is 1. The van der Waals surface area contributed by atoms with Crippen LogP contribution in [0, 0.1) is 0 Å². The van der Waals surface area contributed by atoms with Crippen LogP contribution in [0.4, 0.5) is 0 Å². The molecule has 0 aliphatic heterocycles. The van der Waals surface area contributed by atoms with Gasteiger partial charge in [0.25, 0.3) is 0 Å². The fourth-order valence-electron chi connectivity index (χ4n) is 1.98. The van der Waals surface area contributed by atoms with Crippen molar-refractivity contribution in [3.63, 3.8) is 0 Å². The Bertz CT molecular complexity index is 580. The average molecular weight is 328 g/mol. The Labute approximate surface area is 134 Å². The second-order valence-corrected chi connectivity index (χ2v) is 6.02. The minimum Gasteiger partial charge on any atom is -0.339 e. The summed E-state index contributed by atoms with van der Waals surface area (Å²) in [5.74, 6) is 1.24. The van der Waals surface area contributed by atoms with Gasteiger partial charge in [0.05, 0.1) is 5.92 Å². The molecule has 0 radical (unpaired) electrons. The molecule has 0 saturated heterocycles. The highest BCUT2D eigenvalue weighted by Crippen LogP contribution is 2.27. The quantitative estimate of drug-likeness (QED) is 0.846. The summed E-state index contributed by atoms with van der Waals surface area (Å²) in [7, 11) is 0. The summed E-state index contributed by atoms with van der Waals surface area (Å²) in [5, 5.41) is 8.55. The lowest BCUT2D eigenvalue weighted by atomic mass is 10.0. The molecular weight excluding hydrogens is 309 g/mol. The van der Waals surface area contributed by atoms with Gasteiger partial charge in [-0.15, -0.1) is 0 Å². The molecule has 0 saturated carbocycles. The number of nitrogens with zero attached hydrogens (tertiary/aromatic N) is 2. The number of benzene rings is 1. The molecule has 2 aromatic rings. The Morgan fingerprint density at radius 3 is 2.48 bits per heavy atom. The van der Waals surface area contributed by atoms with E-state index in [1.807, 2.05) is 0 Å². The Morgan fingerprint density at radius 2 is 1.86 bits per heavy atom. The van der Waals surface area contributed by atoms with Gasteiger partial charge in [0.2, 0.25) is 11.7 Å². The van der Waals surface area contributed by atoms with Gasteiger partial charge in [0.15, 0.2) is 0 Å². The highest BCUT2D eigenvalue weighted by molar-refractivity contribution is 6.35. The van der Waals surface area contributed by atoms with Crippen molar-refractivity contribution in [1.29, 1.82) is 0 Å². The Kier molecular flexibility index (Phi) is 5.62. The number of rotatable bonds is 6. The van der Waals surface area contributed by atoms with Gasteiger partial charge in [-0.2, -0.15) is 4.98 Å². The molecule has 114 valence electrons. The van der Waals surface area contributed by atoms with E-state index in [4.69, 9.17) is 27.7 Å². The first kappa shape index (κ1) is 16.3. The van der Waals surface area contributed by atoms with Crippen LogP contribution in [-0.4, -0.2) is 22.7 Å². The molecule has 0 aliphatic rings. The number of hydrogen-bond acceptors (Lipinski definition) is 4. The Balaban J connectivity index is 2.17. The largest absolute Gasteiger partial charge is 0.339 e. The second-order valence-electron chi connectivity index (χ2n) is 5.15. The van der Waals surface area contributed by atoms with E-state index in [0.717, 1.165) is 18.5 Å². The van der Waals surface area contributed by atoms with Gasteiger partial charge in [-0.05, 0) is 38.1 Å². The van der Waals surface area contributed by atoms with E-state index in [0.29, 0.717) is 21.8 Å². The summed E-state index contributed by atoms with van der Waals surface area (Å²) in [5.41, 5.74) is 0.754. The molecule has 21 heavy (non-hydrogen) atoms. The van der Waals surface area contributed by atoms with Gasteiger partial charge in [0.1, 0.15) is 0 Å². The van der Waals surface area contributed by atoms with E-state index in [9.17, 15) is 0 Å². The summed E-state index contributed by atoms with van der Waals surface area (Å²) < 4.78 is 5.37. The third-order valence-electron chi connectivity index (χ3n) is 3.42. The standard InChI is InChI=1S/C15H19Cl2N3O/c1-4-5-18-10(3)9(2)15-19-14(20-21-15)11-6-12(16)8-13(17)7-11/h6-10,18H,4-5H2,1-3H3. The molecule has 4 nitrogen and oxygen atoms in total. The van der Waals surface area contributed by atoms with E-state index in [-0.39, 0.29) is 12.0 Å². The molecule has 2 rings (SSSR count). The maximum absolute atomic E-state index is 6.00. The molecule has 0 aliphatic carbocycles. The lowest BCUT2D eigenvalue weighted by molar-refractivity contribution is 0.331. The number of halogens is 2. The predicted octanol–water partition coefficient (Wildman–Crippen LogP) is 4.54. The molecule has 6 heteroatoms. The summed E-state index contributed by atoms with van der Waals surface area (Å²) in [6, 6.07) is 5.48. The van der Waals surface area contributed by atoms with Crippen molar-refractivity contribution >= 4 is 23.2 Å². The van der Waals surface area contributed by atoms with Crippen LogP contribution in [0.1, 0.15) is 39.0 Å². The molecule has 0 spiro atoms. The molecular formula is C15H19Cl2N3O. The number of hydrogen-bond donors (Lipinski definition) is 1. The van der Waals surface area contributed by atoms with Gasteiger partial charge in [-0.1, -0.05) is 42.2 Å². The fourth-order valence-corrected chi connectivity index (χ4v) is 2.51. The van der Waals surface area contributed by atoms with Crippen molar-refractivity contribution in [2.75, 3.05) is 6.54 Å². The topological polar surface area (TPSA) is 51.0 Å². The molecule has 0 amide bonds. The smallest absolute Gasteiger partial charge is 0.231 e. The third kappa shape index (κ3) is 4.19. The van der Waals surface area contributed by atoms with Gasteiger partial charge in [0, 0.05) is 21.7 Å². The van der Waals surface area contributed by atoms with Gasteiger partial charge >= 0.3 is 0 Å². The highest BCUT2D eigenvalue weighted by atomic mass is 35.5. The Morgan fingerprint density at radius 1 is 1.19 bits per heavy atom. The van der Waals surface area contributed by atoms with Crippen LogP contribution in [0.15, 0.2) is 22.7 Å². The van der Waals surface area contributed by atoms with Crippen LogP contribution in [0.5, 0.6) is 0 Å². The maximum Gasteiger partial charge on any atom is 0.231 e. The number of aromatic nitrogens is 2. The molecule has 1 N–H and O–H groups in total. The van der Waals surface area contributed by atoms with Crippen molar-refractivity contribution in [2.24, 2.45) is 0 Å². The summed E-state index contributed by atoms with van der Waals surface area (Å²) in [6.07, 6.45) is 1.09. The van der Waals surface area contributed by atoms with E-state index in [1.54, 1.807) is 18.2 Å². The zero-order valence-corrected chi connectivity index (χ0v) is 13.9. The predicted molar refractivity (Wildman–Crippen MR) is 85.9 cm³/mol. The fraction of sp³-hybridized carbons (Fsp3) is 0.467. The van der Waals surface area contributed by atoms with Crippen molar-refractivity contribution in [3.05, 3.63) is 34.1 Å². The SMILES string of the molecule is CCCNC(C)C(C)c1nc(-c2cc(Cl)cc(Cl)c2)no1. The third-order valence-corrected chi connectivity index (χ3v) is 3.85. The summed E-state index contributed by atoms with van der Waals surface area (Å²) in [6.45, 7) is 7.28. The van der Waals surface area contributed by atoms with Crippen molar-refractivity contribution in [3.8, 4) is 11.4 Å². The molecule has 0 fully saturated rings. The van der Waals surface area contributed by atoms with Gasteiger partial charge in [-0.25, -0.2) is 0 Å². The monoisotopic (exact) mass is 327 g/mol. The van der Waals surface area contributed by atoms with E-state index >= 15 is 0 Å². The van der Waals surface area contributed by atoms with Crippen LogP contribution in [0.2, 0.25) is 10.0 Å². The van der Waals surface area contributed by atoms with E-state index < -0.39 is 0 Å². The van der Waals surface area contributed by atoms with Crippen molar-refractivity contribution in [2.45, 2.75) is 39.2 Å². The Hall–Kier alpha value is -1.10. The van der Waals surface area contributed by atoms with Crippen LogP contribution in [-0.2, 0) is 0 Å². The molecule has 2 atom stereocenters. The van der Waals surface area contributed by atoms with Crippen molar-refractivity contribution < 1.29 is 4.52 Å². The van der Waals surface area contributed by atoms with Crippen LogP contribution < -0.4 is 5.32 Å². The lowest BCUT2D eigenvalue weighted by Crippen LogP contribution is -2.31. The van der Waals surface area contributed by atoms with Gasteiger partial charge < -0.3 is 9.84 Å². The molecule has 1 aromatic heterocycles. The first-order chi connectivity index (χ1) is 10.0. The first-order valence-corrected chi connectivity index (χ1v) is 7.80. The van der Waals surface area contributed by atoms with Crippen LogP contribution in [0.25, 0.3) is 11.4 Å². The molecule has 1 heterocycles. The van der Waals surface area contributed by atoms with Crippen LogP contribution in [0.3, 0.4) is 0 Å². The lowest BCUT2D eigenvalue weighted by Gasteiger charge is -2.17. The van der Waals surface area contributed by atoms with Crippen molar-refractivity contribution in [1.82, 2.24) is 15.5 Å². The minimum atomic E-state index is 0.132. The minimum absolute atomic E-state index is 0.132. The first-order valence-electron chi connectivity index (χ1n) is 7.04. The highest BCUT2D eigenvalue weighted by Gasteiger charge is 2.20. The average Bonchev–Trinajstić information content (AvgIpc) is 2.92. The van der Waals surface area contributed by atoms with E-state index in [1.165, 1.54) is 0 Å². The summed E-state index contributed by atoms with van der Waals surface area (Å²) in [4.78, 5) is 4.46. The molecule has 0 bridgehead atoms. The second kappa shape index (κ2) is 7.25. The zero-order valence-electron chi connectivity index (χ0n) is 12.4. The van der Waals surface area contributed by atoms with Gasteiger partial charge in [-0.3, -0.25) is 0 Å². The molecule has 1 aromatic carbocycles. The van der Waals surface area contributed by atoms with E-state index in [2.05, 4.69) is 36.2 Å². The van der Waals surface area contributed by atoms with Crippen LogP contribution >= 0.6 is 23.2 Å². The zero-order chi connectivity index (χ0) is 15.4. The summed E-state index contributed by atoms with van der Waals surface area (Å²) >= 11 is 12.0.